The Hall–Kier alpha value is -4.11. The van der Waals surface area contributed by atoms with Crippen LogP contribution in [0, 0.1) is 13.8 Å². The van der Waals surface area contributed by atoms with Crippen LogP contribution in [0.15, 0.2) is 66.7 Å². The molecule has 3 heterocycles. The van der Waals surface area contributed by atoms with Crippen molar-refractivity contribution in [1.82, 2.24) is 15.1 Å². The zero-order chi connectivity index (χ0) is 27.3. The smallest absolute Gasteiger partial charge is 0.273 e. The van der Waals surface area contributed by atoms with E-state index in [4.69, 9.17) is 4.74 Å². The molecular weight excluding hydrogens is 514 g/mol. The Balaban J connectivity index is 1.41. The van der Waals surface area contributed by atoms with Gasteiger partial charge in [0.05, 0.1) is 17.5 Å². The lowest BCUT2D eigenvalue weighted by atomic mass is 9.93. The van der Waals surface area contributed by atoms with Crippen molar-refractivity contribution in [2.45, 2.75) is 39.0 Å². The summed E-state index contributed by atoms with van der Waals surface area (Å²) in [6, 6.07) is 20.1. The number of carbonyl (C=O) groups excluding carboxylic acids is 1. The molecule has 200 valence electrons. The third kappa shape index (κ3) is 4.57. The van der Waals surface area contributed by atoms with Crippen LogP contribution in [-0.4, -0.2) is 52.1 Å². The lowest BCUT2D eigenvalue weighted by Crippen LogP contribution is -2.40. The van der Waals surface area contributed by atoms with Crippen molar-refractivity contribution >= 4 is 15.7 Å². The topological polar surface area (TPSA) is 113 Å². The van der Waals surface area contributed by atoms with Crippen LogP contribution in [0.2, 0.25) is 0 Å². The van der Waals surface area contributed by atoms with E-state index in [-0.39, 0.29) is 23.2 Å². The molecule has 0 bridgehead atoms. The maximum absolute atomic E-state index is 13.7. The first-order chi connectivity index (χ1) is 18.7. The van der Waals surface area contributed by atoms with Crippen molar-refractivity contribution in [1.29, 1.82) is 0 Å². The molecule has 0 spiro atoms. The fraction of sp³-hybridized carbons (Fsp3) is 0.267. The van der Waals surface area contributed by atoms with Gasteiger partial charge in [-0.2, -0.15) is 5.10 Å². The molecular formula is C30H29N3O5S. The monoisotopic (exact) mass is 543 g/mol. The molecule has 2 unspecified atom stereocenters. The molecule has 1 fully saturated rings. The number of amides is 1. The lowest BCUT2D eigenvalue weighted by molar-refractivity contribution is 0.0677. The van der Waals surface area contributed by atoms with Crippen LogP contribution in [0.5, 0.6) is 11.5 Å². The van der Waals surface area contributed by atoms with Gasteiger partial charge in [-0.1, -0.05) is 48.5 Å². The van der Waals surface area contributed by atoms with Gasteiger partial charge in [0.1, 0.15) is 29.5 Å². The van der Waals surface area contributed by atoms with E-state index in [1.807, 2.05) is 80.6 Å². The minimum Gasteiger partial charge on any atom is -0.507 e. The van der Waals surface area contributed by atoms with Crippen molar-refractivity contribution in [2.75, 3.05) is 11.5 Å². The van der Waals surface area contributed by atoms with Crippen molar-refractivity contribution in [3.63, 3.8) is 0 Å². The van der Waals surface area contributed by atoms with Crippen LogP contribution >= 0.6 is 0 Å². The molecule has 4 aromatic rings. The normalized spacial score (nSPS) is 19.8. The van der Waals surface area contributed by atoms with Gasteiger partial charge in [0.15, 0.2) is 9.84 Å². The number of benzene rings is 3. The summed E-state index contributed by atoms with van der Waals surface area (Å²) < 4.78 is 30.7. The van der Waals surface area contributed by atoms with Gasteiger partial charge in [0.25, 0.3) is 5.91 Å². The third-order valence-electron chi connectivity index (χ3n) is 7.55. The maximum atomic E-state index is 13.7. The number of rotatable bonds is 6. The van der Waals surface area contributed by atoms with Gasteiger partial charge in [-0.25, -0.2) is 8.42 Å². The van der Waals surface area contributed by atoms with Gasteiger partial charge < -0.3 is 14.7 Å². The zero-order valence-corrected chi connectivity index (χ0v) is 22.5. The number of aromatic amines is 1. The molecule has 0 saturated carbocycles. The Kier molecular flexibility index (Phi) is 6.18. The van der Waals surface area contributed by atoms with Gasteiger partial charge in [0.2, 0.25) is 0 Å². The number of ether oxygens (including phenoxy) is 1. The van der Waals surface area contributed by atoms with Crippen molar-refractivity contribution in [3.8, 4) is 22.8 Å². The van der Waals surface area contributed by atoms with Crippen LogP contribution in [-0.2, 0) is 16.4 Å². The summed E-state index contributed by atoms with van der Waals surface area (Å²) in [6.07, 6.45) is 0.380. The number of nitrogens with zero attached hydrogens (tertiary/aromatic N) is 2. The number of hydrogen-bond donors (Lipinski definition) is 2. The molecule has 8 nitrogen and oxygen atoms in total. The number of hydrogen-bond acceptors (Lipinski definition) is 6. The highest BCUT2D eigenvalue weighted by Crippen LogP contribution is 2.47. The third-order valence-corrected chi connectivity index (χ3v) is 9.30. The average molecular weight is 544 g/mol. The second-order valence-corrected chi connectivity index (χ2v) is 12.6. The van der Waals surface area contributed by atoms with E-state index in [9.17, 15) is 18.3 Å². The second-order valence-electron chi connectivity index (χ2n) is 10.4. The van der Waals surface area contributed by atoms with E-state index in [1.165, 1.54) is 0 Å². The van der Waals surface area contributed by atoms with Gasteiger partial charge in [-0.15, -0.1) is 0 Å². The van der Waals surface area contributed by atoms with Gasteiger partial charge in [-0.3, -0.25) is 9.89 Å². The number of aromatic hydroxyl groups is 1. The van der Waals surface area contributed by atoms with Gasteiger partial charge in [0, 0.05) is 17.2 Å². The Labute approximate surface area is 227 Å². The summed E-state index contributed by atoms with van der Waals surface area (Å²) in [4.78, 5) is 15.4. The molecule has 1 aromatic heterocycles. The number of nitrogens with one attached hydrogen (secondary N) is 1. The molecule has 3 aromatic carbocycles. The summed E-state index contributed by atoms with van der Waals surface area (Å²) >= 11 is 0. The van der Waals surface area contributed by atoms with Crippen LogP contribution in [0.3, 0.4) is 0 Å². The average Bonchev–Trinajstić information content (AvgIpc) is 3.59. The van der Waals surface area contributed by atoms with Crippen LogP contribution in [0.4, 0.5) is 0 Å². The minimum atomic E-state index is -3.23. The van der Waals surface area contributed by atoms with Gasteiger partial charge in [-0.05, 0) is 60.7 Å². The first-order valence-electron chi connectivity index (χ1n) is 12.9. The molecule has 2 aliphatic rings. The Morgan fingerprint density at radius 3 is 2.51 bits per heavy atom. The summed E-state index contributed by atoms with van der Waals surface area (Å²) in [5.74, 6) is 0.477. The number of aromatic nitrogens is 2. The summed E-state index contributed by atoms with van der Waals surface area (Å²) in [7, 11) is -3.23. The van der Waals surface area contributed by atoms with E-state index < -0.39 is 21.9 Å². The highest BCUT2D eigenvalue weighted by Gasteiger charge is 2.48. The first kappa shape index (κ1) is 25.2. The van der Waals surface area contributed by atoms with Crippen molar-refractivity contribution in [2.24, 2.45) is 0 Å². The predicted molar refractivity (Wildman–Crippen MR) is 147 cm³/mol. The molecule has 2 aliphatic heterocycles. The largest absolute Gasteiger partial charge is 0.507 e. The fourth-order valence-electron chi connectivity index (χ4n) is 5.70. The molecule has 0 radical (unpaired) electrons. The molecule has 39 heavy (non-hydrogen) atoms. The van der Waals surface area contributed by atoms with E-state index in [2.05, 4.69) is 10.2 Å². The minimum absolute atomic E-state index is 0.0529. The van der Waals surface area contributed by atoms with E-state index >= 15 is 0 Å². The molecule has 2 N–H and O–H groups in total. The highest BCUT2D eigenvalue weighted by molar-refractivity contribution is 7.91. The zero-order valence-electron chi connectivity index (χ0n) is 21.7. The molecule has 9 heteroatoms. The number of H-pyrrole nitrogens is 1. The van der Waals surface area contributed by atoms with E-state index in [1.54, 1.807) is 4.90 Å². The van der Waals surface area contributed by atoms with Crippen LogP contribution < -0.4 is 4.74 Å². The Bertz CT molecular complexity index is 1660. The number of phenols is 1. The lowest BCUT2D eigenvalue weighted by Gasteiger charge is -2.31. The fourth-order valence-corrected chi connectivity index (χ4v) is 7.41. The second kappa shape index (κ2) is 9.57. The van der Waals surface area contributed by atoms with Gasteiger partial charge >= 0.3 is 0 Å². The molecule has 6 rings (SSSR count). The van der Waals surface area contributed by atoms with Crippen LogP contribution in [0.25, 0.3) is 11.3 Å². The number of sulfone groups is 1. The Morgan fingerprint density at radius 1 is 1.08 bits per heavy atom. The van der Waals surface area contributed by atoms with Crippen molar-refractivity contribution < 1.29 is 23.1 Å². The van der Waals surface area contributed by atoms with Crippen LogP contribution in [0.1, 0.15) is 50.8 Å². The molecule has 1 amide bonds. The number of aryl methyl sites for hydroxylation is 2. The quantitative estimate of drug-likeness (QED) is 0.364. The van der Waals surface area contributed by atoms with E-state index in [0.29, 0.717) is 46.9 Å². The van der Waals surface area contributed by atoms with E-state index in [0.717, 1.165) is 16.7 Å². The maximum Gasteiger partial charge on any atom is 0.273 e. The summed E-state index contributed by atoms with van der Waals surface area (Å²) in [5.41, 5.74) is 5.51. The Morgan fingerprint density at radius 2 is 1.82 bits per heavy atom. The predicted octanol–water partition coefficient (Wildman–Crippen LogP) is 4.71. The standard InChI is InChI=1S/C30H29N3O5S/c1-18-14-19(2)29(34)24(15-18)26-25-27(32-31-26)30(35)33(22-12-13-39(36,37)17-22)28(25)21-8-10-23(11-9-21)38-16-20-6-4-3-5-7-20/h3-11,14-15,22,28,34H,12-13,16-17H2,1-2H3,(H,31,32). The highest BCUT2D eigenvalue weighted by atomic mass is 32.2. The number of carbonyl (C=O) groups is 1. The summed E-state index contributed by atoms with van der Waals surface area (Å²) in [6.45, 7) is 4.19. The molecule has 0 aliphatic carbocycles. The van der Waals surface area contributed by atoms with Crippen molar-refractivity contribution in [3.05, 3.63) is 100 Å². The number of fused-ring (bicyclic) bond motifs is 1. The SMILES string of the molecule is Cc1cc(C)c(O)c(-c2n[nH]c3c2C(c2ccc(OCc4ccccc4)cc2)N(C2CCS(=O)(=O)C2)C3=O)c1. The molecule has 2 atom stereocenters. The number of phenolic OH excluding ortho intramolecular Hbond substituents is 1. The molecule has 1 saturated heterocycles. The first-order valence-corrected chi connectivity index (χ1v) is 14.7. The summed E-state index contributed by atoms with van der Waals surface area (Å²) in [5, 5.41) is 18.3.